The molecule has 0 aliphatic carbocycles. The number of aliphatic hydroxyl groups is 1. The number of β-amino-alcohol motifs (C(OH)–C–C–N with tert-alkyl or cyclic N) is 1. The third kappa shape index (κ3) is 2.44. The van der Waals surface area contributed by atoms with Crippen LogP contribution < -0.4 is 19.1 Å². The van der Waals surface area contributed by atoms with Crippen LogP contribution in [-0.2, 0) is 4.79 Å². The summed E-state index contributed by atoms with van der Waals surface area (Å²) < 4.78 is 15.7. The van der Waals surface area contributed by atoms with E-state index in [0.717, 1.165) is 0 Å². The van der Waals surface area contributed by atoms with Crippen LogP contribution >= 0.6 is 0 Å². The Kier molecular flexibility index (Phi) is 3.80. The van der Waals surface area contributed by atoms with Crippen molar-refractivity contribution in [1.29, 1.82) is 0 Å². The summed E-state index contributed by atoms with van der Waals surface area (Å²) in [4.78, 5) is 13.3. The second kappa shape index (κ2) is 5.36. The molecule has 6 heteroatoms. The molecule has 1 heterocycles. The van der Waals surface area contributed by atoms with Gasteiger partial charge in [0.15, 0.2) is 11.5 Å². The highest BCUT2D eigenvalue weighted by atomic mass is 16.5. The monoisotopic (exact) mass is 267 g/mol. The molecular weight excluding hydrogens is 250 g/mol. The molecule has 1 aliphatic heterocycles. The van der Waals surface area contributed by atoms with Gasteiger partial charge in [-0.25, -0.2) is 0 Å². The molecule has 19 heavy (non-hydrogen) atoms. The summed E-state index contributed by atoms with van der Waals surface area (Å²) in [7, 11) is 4.55. The average molecular weight is 267 g/mol. The predicted octanol–water partition coefficient (Wildman–Crippen LogP) is 0.810. The zero-order chi connectivity index (χ0) is 14.0. The van der Waals surface area contributed by atoms with Crippen molar-refractivity contribution < 1.29 is 24.1 Å². The number of ether oxygens (including phenoxy) is 3. The van der Waals surface area contributed by atoms with E-state index in [4.69, 9.17) is 14.2 Å². The van der Waals surface area contributed by atoms with Gasteiger partial charge in [-0.2, -0.15) is 0 Å². The van der Waals surface area contributed by atoms with Crippen molar-refractivity contribution >= 4 is 11.6 Å². The minimum atomic E-state index is -0.633. The van der Waals surface area contributed by atoms with Gasteiger partial charge in [-0.05, 0) is 0 Å². The first-order valence-electron chi connectivity index (χ1n) is 5.89. The van der Waals surface area contributed by atoms with E-state index in [1.165, 1.54) is 26.2 Å². The Labute approximate surface area is 111 Å². The molecule has 2 rings (SSSR count). The average Bonchev–Trinajstić information content (AvgIpc) is 2.75. The molecule has 0 aromatic heterocycles. The number of carbonyl (C=O) groups excluding carboxylic acids is 1. The molecule has 0 spiro atoms. The van der Waals surface area contributed by atoms with Gasteiger partial charge >= 0.3 is 0 Å². The topological polar surface area (TPSA) is 68.2 Å². The highest BCUT2D eigenvalue weighted by molar-refractivity contribution is 5.96. The van der Waals surface area contributed by atoms with Gasteiger partial charge in [0, 0.05) is 12.1 Å². The SMILES string of the molecule is COc1cc(N2CC(O)CC2=O)cc(OC)c1OC. The first kappa shape index (κ1) is 13.5. The zero-order valence-corrected chi connectivity index (χ0v) is 11.2. The number of carbonyl (C=O) groups is 1. The van der Waals surface area contributed by atoms with E-state index in [2.05, 4.69) is 0 Å². The number of amides is 1. The van der Waals surface area contributed by atoms with Crippen molar-refractivity contribution in [1.82, 2.24) is 0 Å². The largest absolute Gasteiger partial charge is 0.493 e. The third-order valence-corrected chi connectivity index (χ3v) is 3.07. The van der Waals surface area contributed by atoms with Gasteiger partial charge < -0.3 is 24.2 Å². The van der Waals surface area contributed by atoms with Crippen molar-refractivity contribution in [3.05, 3.63) is 12.1 Å². The molecule has 1 N–H and O–H groups in total. The molecule has 1 fully saturated rings. The summed E-state index contributed by atoms with van der Waals surface area (Å²) >= 11 is 0. The standard InChI is InChI=1S/C13H17NO5/c1-17-10-4-8(5-11(18-2)13(10)19-3)14-7-9(15)6-12(14)16/h4-5,9,15H,6-7H2,1-3H3. The van der Waals surface area contributed by atoms with E-state index in [0.29, 0.717) is 22.9 Å². The van der Waals surface area contributed by atoms with Gasteiger partial charge in [-0.3, -0.25) is 4.79 Å². The second-order valence-electron chi connectivity index (χ2n) is 4.25. The number of aliphatic hydroxyl groups excluding tert-OH is 1. The Hall–Kier alpha value is -1.95. The van der Waals surface area contributed by atoms with Crippen LogP contribution in [0.2, 0.25) is 0 Å². The summed E-state index contributed by atoms with van der Waals surface area (Å²) in [6, 6.07) is 3.38. The van der Waals surface area contributed by atoms with Crippen molar-refractivity contribution in [2.24, 2.45) is 0 Å². The summed E-state index contributed by atoms with van der Waals surface area (Å²) in [5.41, 5.74) is 0.621. The molecule has 1 saturated heterocycles. The number of rotatable bonds is 4. The second-order valence-corrected chi connectivity index (χ2v) is 4.25. The molecule has 0 saturated carbocycles. The van der Waals surface area contributed by atoms with Gasteiger partial charge in [-0.15, -0.1) is 0 Å². The molecule has 1 atom stereocenters. The fourth-order valence-electron chi connectivity index (χ4n) is 2.16. The normalized spacial score (nSPS) is 18.6. The van der Waals surface area contributed by atoms with Gasteiger partial charge in [-0.1, -0.05) is 0 Å². The molecule has 0 radical (unpaired) electrons. The van der Waals surface area contributed by atoms with E-state index >= 15 is 0 Å². The number of anilines is 1. The highest BCUT2D eigenvalue weighted by Gasteiger charge is 2.30. The van der Waals surface area contributed by atoms with Crippen LogP contribution in [0.1, 0.15) is 6.42 Å². The Morgan fingerprint density at radius 3 is 2.11 bits per heavy atom. The Morgan fingerprint density at radius 1 is 1.16 bits per heavy atom. The first-order chi connectivity index (χ1) is 9.10. The van der Waals surface area contributed by atoms with Crippen LogP contribution in [0.4, 0.5) is 5.69 Å². The van der Waals surface area contributed by atoms with E-state index < -0.39 is 6.10 Å². The third-order valence-electron chi connectivity index (χ3n) is 3.07. The van der Waals surface area contributed by atoms with E-state index in [-0.39, 0.29) is 18.9 Å². The van der Waals surface area contributed by atoms with Gasteiger partial charge in [0.1, 0.15) is 0 Å². The molecule has 1 aromatic rings. The van der Waals surface area contributed by atoms with Gasteiger partial charge in [0.05, 0.1) is 46.1 Å². The zero-order valence-electron chi connectivity index (χ0n) is 11.2. The maximum atomic E-state index is 11.8. The minimum absolute atomic E-state index is 0.123. The molecule has 1 aliphatic rings. The fourth-order valence-corrected chi connectivity index (χ4v) is 2.16. The van der Waals surface area contributed by atoms with Crippen LogP contribution in [0.25, 0.3) is 0 Å². The molecular formula is C13H17NO5. The number of hydrogen-bond donors (Lipinski definition) is 1. The number of nitrogens with zero attached hydrogens (tertiary/aromatic N) is 1. The Morgan fingerprint density at radius 2 is 1.74 bits per heavy atom. The molecule has 0 bridgehead atoms. The number of methoxy groups -OCH3 is 3. The number of benzene rings is 1. The predicted molar refractivity (Wildman–Crippen MR) is 69.1 cm³/mol. The maximum absolute atomic E-state index is 11.8. The lowest BCUT2D eigenvalue weighted by molar-refractivity contribution is -0.117. The van der Waals surface area contributed by atoms with Crippen molar-refractivity contribution in [3.63, 3.8) is 0 Å². The van der Waals surface area contributed by atoms with Crippen molar-refractivity contribution in [3.8, 4) is 17.2 Å². The van der Waals surface area contributed by atoms with Crippen LogP contribution in [-0.4, -0.2) is 45.0 Å². The molecule has 6 nitrogen and oxygen atoms in total. The lowest BCUT2D eigenvalue weighted by Gasteiger charge is -2.20. The van der Waals surface area contributed by atoms with E-state index in [1.54, 1.807) is 12.1 Å². The molecule has 104 valence electrons. The summed E-state index contributed by atoms with van der Waals surface area (Å²) in [5.74, 6) is 1.31. The maximum Gasteiger partial charge on any atom is 0.229 e. The van der Waals surface area contributed by atoms with Crippen LogP contribution in [0, 0.1) is 0 Å². The van der Waals surface area contributed by atoms with Crippen LogP contribution in [0.3, 0.4) is 0 Å². The Bertz CT molecular complexity index is 463. The lowest BCUT2D eigenvalue weighted by atomic mass is 10.2. The molecule has 1 unspecified atom stereocenters. The lowest BCUT2D eigenvalue weighted by Crippen LogP contribution is -2.25. The quantitative estimate of drug-likeness (QED) is 0.874. The minimum Gasteiger partial charge on any atom is -0.493 e. The van der Waals surface area contributed by atoms with Crippen LogP contribution in [0.5, 0.6) is 17.2 Å². The highest BCUT2D eigenvalue weighted by Crippen LogP contribution is 2.41. The first-order valence-corrected chi connectivity index (χ1v) is 5.89. The Balaban J connectivity index is 2.44. The molecule has 1 amide bonds. The summed E-state index contributed by atoms with van der Waals surface area (Å²) in [6.07, 6.45) is -0.497. The summed E-state index contributed by atoms with van der Waals surface area (Å²) in [5, 5.41) is 9.54. The van der Waals surface area contributed by atoms with E-state index in [9.17, 15) is 9.90 Å². The molecule has 1 aromatic carbocycles. The fraction of sp³-hybridized carbons (Fsp3) is 0.462. The van der Waals surface area contributed by atoms with Gasteiger partial charge in [0.2, 0.25) is 11.7 Å². The van der Waals surface area contributed by atoms with Crippen molar-refractivity contribution in [2.75, 3.05) is 32.8 Å². The van der Waals surface area contributed by atoms with Gasteiger partial charge in [0.25, 0.3) is 0 Å². The summed E-state index contributed by atoms with van der Waals surface area (Å²) in [6.45, 7) is 0.275. The number of hydrogen-bond acceptors (Lipinski definition) is 5. The smallest absolute Gasteiger partial charge is 0.229 e. The van der Waals surface area contributed by atoms with Crippen LogP contribution in [0.15, 0.2) is 12.1 Å². The van der Waals surface area contributed by atoms with Crippen molar-refractivity contribution in [2.45, 2.75) is 12.5 Å². The van der Waals surface area contributed by atoms with E-state index in [1.807, 2.05) is 0 Å².